The minimum absolute atomic E-state index is 0.0330. The third-order valence-corrected chi connectivity index (χ3v) is 1.45. The number of nitriles is 1. The zero-order valence-electron chi connectivity index (χ0n) is 6.77. The van der Waals surface area contributed by atoms with E-state index in [1.54, 1.807) is 18.2 Å². The second kappa shape index (κ2) is 4.07. The molecule has 0 saturated heterocycles. The van der Waals surface area contributed by atoms with Crippen LogP contribution >= 0.6 is 0 Å². The average molecular weight is 173 g/mol. The Morgan fingerprint density at radius 2 is 2.31 bits per heavy atom. The Kier molecular flexibility index (Phi) is 2.82. The van der Waals surface area contributed by atoms with Crippen LogP contribution in [0.3, 0.4) is 0 Å². The summed E-state index contributed by atoms with van der Waals surface area (Å²) in [5.41, 5.74) is 0.661. The zero-order chi connectivity index (χ0) is 9.68. The predicted octanol–water partition coefficient (Wildman–Crippen LogP) is 1.50. The van der Waals surface area contributed by atoms with Gasteiger partial charge in [-0.25, -0.2) is 0 Å². The normalized spacial score (nSPS) is 10.5. The molecule has 13 heavy (non-hydrogen) atoms. The summed E-state index contributed by atoms with van der Waals surface area (Å²) in [7, 11) is 0. The molecular weight excluding hydrogens is 166 g/mol. The van der Waals surface area contributed by atoms with E-state index >= 15 is 0 Å². The van der Waals surface area contributed by atoms with Gasteiger partial charge in [0, 0.05) is 0 Å². The second-order valence-electron chi connectivity index (χ2n) is 2.42. The van der Waals surface area contributed by atoms with Gasteiger partial charge < -0.3 is 5.11 Å². The van der Waals surface area contributed by atoms with E-state index in [0.717, 1.165) is 0 Å². The Hall–Kier alpha value is -2.08. The maximum Gasteiger partial charge on any atom is 0.160 e. The number of rotatable bonds is 2. The molecule has 1 rings (SSSR count). The molecule has 0 spiro atoms. The van der Waals surface area contributed by atoms with E-state index in [2.05, 4.69) is 0 Å². The lowest BCUT2D eigenvalue weighted by Crippen LogP contribution is -1.79. The number of hydrogen-bond acceptors (Lipinski definition) is 3. The summed E-state index contributed by atoms with van der Waals surface area (Å²) in [5.74, 6) is 0.108. The lowest BCUT2D eigenvalue weighted by molar-refractivity contribution is -0.104. The summed E-state index contributed by atoms with van der Waals surface area (Å²) < 4.78 is 0. The highest BCUT2D eigenvalue weighted by Crippen LogP contribution is 2.13. The molecule has 0 atom stereocenters. The summed E-state index contributed by atoms with van der Waals surface area (Å²) in [5, 5.41) is 17.5. The predicted molar refractivity (Wildman–Crippen MR) is 47.8 cm³/mol. The molecule has 0 aliphatic rings. The van der Waals surface area contributed by atoms with Gasteiger partial charge in [-0.15, -0.1) is 0 Å². The first-order chi connectivity index (χ1) is 6.26. The second-order valence-corrected chi connectivity index (χ2v) is 2.42. The van der Waals surface area contributed by atoms with Crippen LogP contribution in [-0.4, -0.2) is 11.4 Å². The zero-order valence-corrected chi connectivity index (χ0v) is 6.77. The van der Waals surface area contributed by atoms with Gasteiger partial charge in [-0.3, -0.25) is 4.79 Å². The quantitative estimate of drug-likeness (QED) is 0.418. The molecule has 0 aliphatic carbocycles. The number of aromatic hydroxyl groups is 1. The fraction of sp³-hybridized carbons (Fsp3) is 0. The Morgan fingerprint density at radius 1 is 1.54 bits per heavy atom. The van der Waals surface area contributed by atoms with E-state index in [0.29, 0.717) is 11.8 Å². The van der Waals surface area contributed by atoms with Crippen molar-refractivity contribution >= 4 is 12.4 Å². The topological polar surface area (TPSA) is 61.1 Å². The Labute approximate surface area is 75.5 Å². The molecule has 0 unspecified atom stereocenters. The van der Waals surface area contributed by atoms with Gasteiger partial charge in [0.2, 0.25) is 0 Å². The number of aldehydes is 1. The highest BCUT2D eigenvalue weighted by Gasteiger charge is 1.94. The molecule has 1 N–H and O–H groups in total. The van der Waals surface area contributed by atoms with Crippen LogP contribution in [0.4, 0.5) is 0 Å². The summed E-state index contributed by atoms with van der Waals surface area (Å²) in [6, 6.07) is 8.06. The number of hydrogen-bond donors (Lipinski definition) is 1. The van der Waals surface area contributed by atoms with Crippen molar-refractivity contribution in [3.63, 3.8) is 0 Å². The van der Waals surface area contributed by atoms with Gasteiger partial charge in [-0.1, -0.05) is 12.1 Å². The van der Waals surface area contributed by atoms with E-state index in [9.17, 15) is 4.79 Å². The number of carbonyl (C=O) groups is 1. The molecule has 64 valence electrons. The standard InChI is InChI=1S/C10H7NO2/c11-6-9(7-12)4-8-2-1-3-10(13)5-8/h1-5,7,13H/b9-4+. The van der Waals surface area contributed by atoms with Gasteiger partial charge in [0.25, 0.3) is 0 Å². The molecular formula is C10H7NO2. The van der Waals surface area contributed by atoms with E-state index in [1.807, 2.05) is 0 Å². The number of carbonyl (C=O) groups excluding carboxylic acids is 1. The third-order valence-electron chi connectivity index (χ3n) is 1.45. The van der Waals surface area contributed by atoms with Gasteiger partial charge in [0.1, 0.15) is 11.8 Å². The first-order valence-electron chi connectivity index (χ1n) is 3.62. The van der Waals surface area contributed by atoms with Crippen molar-refractivity contribution in [2.75, 3.05) is 0 Å². The van der Waals surface area contributed by atoms with Crippen LogP contribution in [0.1, 0.15) is 5.56 Å². The number of phenols is 1. The van der Waals surface area contributed by atoms with Crippen LogP contribution < -0.4 is 0 Å². The molecule has 0 saturated carbocycles. The molecule has 3 heteroatoms. The van der Waals surface area contributed by atoms with Crippen molar-refractivity contribution in [1.29, 1.82) is 5.26 Å². The van der Waals surface area contributed by atoms with Crippen molar-refractivity contribution in [2.45, 2.75) is 0 Å². The van der Waals surface area contributed by atoms with Gasteiger partial charge in [0.05, 0.1) is 5.57 Å². The SMILES string of the molecule is N#C/C(C=O)=C\c1cccc(O)c1. The lowest BCUT2D eigenvalue weighted by Gasteiger charge is -1.93. The van der Waals surface area contributed by atoms with Crippen LogP contribution in [0.25, 0.3) is 6.08 Å². The number of allylic oxidation sites excluding steroid dienone is 1. The maximum atomic E-state index is 10.3. The van der Waals surface area contributed by atoms with E-state index in [-0.39, 0.29) is 11.3 Å². The van der Waals surface area contributed by atoms with Gasteiger partial charge in [-0.2, -0.15) is 5.26 Å². The molecule has 1 aromatic carbocycles. The first kappa shape index (κ1) is 9.01. The molecule has 0 bridgehead atoms. The molecule has 0 heterocycles. The molecule has 3 nitrogen and oxygen atoms in total. The van der Waals surface area contributed by atoms with Crippen molar-refractivity contribution in [3.8, 4) is 11.8 Å². The van der Waals surface area contributed by atoms with Crippen molar-refractivity contribution in [2.24, 2.45) is 0 Å². The monoisotopic (exact) mass is 173 g/mol. The number of phenolic OH excluding ortho intramolecular Hbond substituents is 1. The highest BCUT2D eigenvalue weighted by molar-refractivity contribution is 5.86. The van der Waals surface area contributed by atoms with E-state index in [4.69, 9.17) is 10.4 Å². The van der Waals surface area contributed by atoms with Crippen LogP contribution in [0.15, 0.2) is 29.8 Å². The van der Waals surface area contributed by atoms with Gasteiger partial charge >= 0.3 is 0 Å². The highest BCUT2D eigenvalue weighted by atomic mass is 16.3. The first-order valence-corrected chi connectivity index (χ1v) is 3.62. The smallest absolute Gasteiger partial charge is 0.160 e. The molecule has 0 aromatic heterocycles. The van der Waals surface area contributed by atoms with Crippen molar-refractivity contribution < 1.29 is 9.90 Å². The lowest BCUT2D eigenvalue weighted by atomic mass is 10.1. The summed E-state index contributed by atoms with van der Waals surface area (Å²) >= 11 is 0. The molecule has 0 aliphatic heterocycles. The fourth-order valence-corrected chi connectivity index (χ4v) is 0.887. The Balaban J connectivity index is 3.04. The number of benzene rings is 1. The van der Waals surface area contributed by atoms with E-state index < -0.39 is 0 Å². The van der Waals surface area contributed by atoms with Crippen LogP contribution in [0.5, 0.6) is 5.75 Å². The minimum atomic E-state index is 0.0330. The van der Waals surface area contributed by atoms with E-state index in [1.165, 1.54) is 18.2 Å². The van der Waals surface area contributed by atoms with Crippen LogP contribution in [0.2, 0.25) is 0 Å². The van der Waals surface area contributed by atoms with Gasteiger partial charge in [0.15, 0.2) is 6.29 Å². The molecule has 0 fully saturated rings. The fourth-order valence-electron chi connectivity index (χ4n) is 0.887. The van der Waals surface area contributed by atoms with Gasteiger partial charge in [-0.05, 0) is 23.8 Å². The van der Waals surface area contributed by atoms with Crippen molar-refractivity contribution in [1.82, 2.24) is 0 Å². The molecule has 1 aromatic rings. The summed E-state index contributed by atoms with van der Waals surface area (Å²) in [6.45, 7) is 0. The van der Waals surface area contributed by atoms with Crippen molar-refractivity contribution in [3.05, 3.63) is 35.4 Å². The largest absolute Gasteiger partial charge is 0.508 e. The summed E-state index contributed by atoms with van der Waals surface area (Å²) in [4.78, 5) is 10.3. The summed E-state index contributed by atoms with van der Waals surface area (Å²) in [6.07, 6.45) is 1.89. The van der Waals surface area contributed by atoms with Crippen LogP contribution in [0, 0.1) is 11.3 Å². The average Bonchev–Trinajstić information content (AvgIpc) is 2.14. The number of nitrogens with zero attached hydrogens (tertiary/aromatic N) is 1. The third kappa shape index (κ3) is 2.46. The minimum Gasteiger partial charge on any atom is -0.508 e. The Morgan fingerprint density at radius 3 is 2.85 bits per heavy atom. The molecule has 0 radical (unpaired) electrons. The Bertz CT molecular complexity index is 388. The maximum absolute atomic E-state index is 10.3. The van der Waals surface area contributed by atoms with Crippen LogP contribution in [-0.2, 0) is 4.79 Å². The molecule has 0 amide bonds.